The number of nitrogens with zero attached hydrogens (tertiary/aromatic N) is 3. The fourth-order valence-corrected chi connectivity index (χ4v) is 2.45. The maximum Gasteiger partial charge on any atom is 0.231 e. The summed E-state index contributed by atoms with van der Waals surface area (Å²) in [6.07, 6.45) is 3.22. The van der Waals surface area contributed by atoms with E-state index in [1.54, 1.807) is 0 Å². The smallest absolute Gasteiger partial charge is 0.231 e. The van der Waals surface area contributed by atoms with Crippen molar-refractivity contribution in [3.05, 3.63) is 11.7 Å². The Morgan fingerprint density at radius 2 is 2.33 bits per heavy atom. The van der Waals surface area contributed by atoms with Gasteiger partial charge in [0.25, 0.3) is 0 Å². The maximum atomic E-state index is 5.41. The standard InChI is InChI=1S/C13H24N4O/c1-10(2)17-8-4-5-11(9-17)13-15-12(16-18-13)6-7-14-3/h10-11,14H,4-9H2,1-3H3. The predicted octanol–water partition coefficient (Wildman–Crippen LogP) is 1.42. The molecule has 5 heteroatoms. The van der Waals surface area contributed by atoms with Crippen molar-refractivity contribution in [1.82, 2.24) is 20.4 Å². The fourth-order valence-electron chi connectivity index (χ4n) is 2.45. The second-order valence-corrected chi connectivity index (χ2v) is 5.33. The molecule has 102 valence electrons. The lowest BCUT2D eigenvalue weighted by Crippen LogP contribution is -2.39. The van der Waals surface area contributed by atoms with Crippen LogP contribution in [-0.4, -0.2) is 47.8 Å². The summed E-state index contributed by atoms with van der Waals surface area (Å²) >= 11 is 0. The van der Waals surface area contributed by atoms with E-state index < -0.39 is 0 Å². The van der Waals surface area contributed by atoms with Crippen molar-refractivity contribution in [3.8, 4) is 0 Å². The quantitative estimate of drug-likeness (QED) is 0.859. The summed E-state index contributed by atoms with van der Waals surface area (Å²) in [5.74, 6) is 2.06. The minimum Gasteiger partial charge on any atom is -0.339 e. The fraction of sp³-hybridized carbons (Fsp3) is 0.846. The Kier molecular flexibility index (Phi) is 4.72. The van der Waals surface area contributed by atoms with E-state index in [9.17, 15) is 0 Å². The predicted molar refractivity (Wildman–Crippen MR) is 70.6 cm³/mol. The number of nitrogens with one attached hydrogen (secondary N) is 1. The van der Waals surface area contributed by atoms with Gasteiger partial charge >= 0.3 is 0 Å². The number of rotatable bonds is 5. The van der Waals surface area contributed by atoms with Gasteiger partial charge in [0, 0.05) is 25.6 Å². The van der Waals surface area contributed by atoms with E-state index in [1.807, 2.05) is 7.05 Å². The first-order valence-corrected chi connectivity index (χ1v) is 6.92. The molecule has 0 spiro atoms. The minimum absolute atomic E-state index is 0.414. The first-order chi connectivity index (χ1) is 8.70. The highest BCUT2D eigenvalue weighted by Crippen LogP contribution is 2.26. The molecule has 1 aromatic heterocycles. The summed E-state index contributed by atoms with van der Waals surface area (Å²) < 4.78 is 5.41. The molecule has 0 amide bonds. The van der Waals surface area contributed by atoms with Crippen molar-refractivity contribution in [3.63, 3.8) is 0 Å². The number of hydrogen-bond donors (Lipinski definition) is 1. The van der Waals surface area contributed by atoms with Gasteiger partial charge in [-0.3, -0.25) is 0 Å². The topological polar surface area (TPSA) is 54.2 Å². The Morgan fingerprint density at radius 1 is 1.50 bits per heavy atom. The van der Waals surface area contributed by atoms with E-state index in [0.29, 0.717) is 12.0 Å². The zero-order valence-corrected chi connectivity index (χ0v) is 11.6. The maximum absolute atomic E-state index is 5.41. The van der Waals surface area contributed by atoms with Crippen LogP contribution in [0.1, 0.15) is 44.3 Å². The second kappa shape index (κ2) is 6.29. The van der Waals surface area contributed by atoms with Crippen LogP contribution in [0.4, 0.5) is 0 Å². The Bertz CT molecular complexity index is 364. The SMILES string of the molecule is CNCCc1noc(C2CCCN(C(C)C)C2)n1. The van der Waals surface area contributed by atoms with Crippen molar-refractivity contribution in [1.29, 1.82) is 0 Å². The zero-order valence-electron chi connectivity index (χ0n) is 11.6. The molecule has 1 saturated heterocycles. The third kappa shape index (κ3) is 3.29. The molecule has 0 saturated carbocycles. The summed E-state index contributed by atoms with van der Waals surface area (Å²) in [6.45, 7) is 7.62. The number of likely N-dealkylation sites (tertiary alicyclic amines) is 1. The number of likely N-dealkylation sites (N-methyl/N-ethyl adjacent to an activating group) is 1. The first kappa shape index (κ1) is 13.5. The van der Waals surface area contributed by atoms with Crippen LogP contribution in [0, 0.1) is 0 Å². The largest absolute Gasteiger partial charge is 0.339 e. The van der Waals surface area contributed by atoms with Gasteiger partial charge in [-0.15, -0.1) is 0 Å². The van der Waals surface area contributed by atoms with Crippen LogP contribution in [0.3, 0.4) is 0 Å². The summed E-state index contributed by atoms with van der Waals surface area (Å²) in [6, 6.07) is 0.597. The monoisotopic (exact) mass is 252 g/mol. The van der Waals surface area contributed by atoms with Crippen LogP contribution in [-0.2, 0) is 6.42 Å². The summed E-state index contributed by atoms with van der Waals surface area (Å²) in [5, 5.41) is 7.15. The van der Waals surface area contributed by atoms with Gasteiger partial charge in [0.2, 0.25) is 5.89 Å². The highest BCUT2D eigenvalue weighted by atomic mass is 16.5. The van der Waals surface area contributed by atoms with Crippen LogP contribution >= 0.6 is 0 Å². The van der Waals surface area contributed by atoms with Crippen LogP contribution in [0.25, 0.3) is 0 Å². The third-order valence-electron chi connectivity index (χ3n) is 3.61. The van der Waals surface area contributed by atoms with Crippen LogP contribution in [0.15, 0.2) is 4.52 Å². The van der Waals surface area contributed by atoms with Crippen LogP contribution in [0.2, 0.25) is 0 Å². The molecule has 1 fully saturated rings. The van der Waals surface area contributed by atoms with Gasteiger partial charge < -0.3 is 14.7 Å². The lowest BCUT2D eigenvalue weighted by molar-refractivity contribution is 0.153. The molecule has 1 atom stereocenters. The second-order valence-electron chi connectivity index (χ2n) is 5.33. The van der Waals surface area contributed by atoms with E-state index >= 15 is 0 Å². The van der Waals surface area contributed by atoms with E-state index in [2.05, 4.69) is 34.2 Å². The molecule has 1 aromatic rings. The Labute approximate surface area is 109 Å². The van der Waals surface area contributed by atoms with E-state index in [-0.39, 0.29) is 0 Å². The highest BCUT2D eigenvalue weighted by molar-refractivity contribution is 4.98. The van der Waals surface area contributed by atoms with Gasteiger partial charge in [-0.2, -0.15) is 4.98 Å². The van der Waals surface area contributed by atoms with Crippen LogP contribution in [0.5, 0.6) is 0 Å². The third-order valence-corrected chi connectivity index (χ3v) is 3.61. The number of hydrogen-bond acceptors (Lipinski definition) is 5. The Morgan fingerprint density at radius 3 is 3.06 bits per heavy atom. The van der Waals surface area contributed by atoms with E-state index in [1.165, 1.54) is 13.0 Å². The van der Waals surface area contributed by atoms with Gasteiger partial charge in [-0.05, 0) is 40.3 Å². The van der Waals surface area contributed by atoms with E-state index in [0.717, 1.165) is 37.6 Å². The Hall–Kier alpha value is -0.940. The highest BCUT2D eigenvalue weighted by Gasteiger charge is 2.26. The van der Waals surface area contributed by atoms with Crippen molar-refractivity contribution in [2.75, 3.05) is 26.7 Å². The van der Waals surface area contributed by atoms with Gasteiger partial charge in [0.15, 0.2) is 5.82 Å². The van der Waals surface area contributed by atoms with Crippen molar-refractivity contribution in [2.24, 2.45) is 0 Å². The van der Waals surface area contributed by atoms with Crippen LogP contribution < -0.4 is 5.32 Å². The Balaban J connectivity index is 1.95. The molecule has 5 nitrogen and oxygen atoms in total. The molecule has 2 rings (SSSR count). The molecule has 1 aliphatic rings. The van der Waals surface area contributed by atoms with Gasteiger partial charge in [0.1, 0.15) is 0 Å². The molecular formula is C13H24N4O. The molecular weight excluding hydrogens is 228 g/mol. The average Bonchev–Trinajstić information content (AvgIpc) is 2.85. The minimum atomic E-state index is 0.414. The zero-order chi connectivity index (χ0) is 13.0. The van der Waals surface area contributed by atoms with Gasteiger partial charge in [-0.25, -0.2) is 0 Å². The van der Waals surface area contributed by atoms with E-state index in [4.69, 9.17) is 4.52 Å². The van der Waals surface area contributed by atoms with Crippen molar-refractivity contribution >= 4 is 0 Å². The van der Waals surface area contributed by atoms with Gasteiger partial charge in [-0.1, -0.05) is 5.16 Å². The van der Waals surface area contributed by atoms with Gasteiger partial charge in [0.05, 0.1) is 5.92 Å². The molecule has 0 radical (unpaired) electrons. The number of piperidine rings is 1. The summed E-state index contributed by atoms with van der Waals surface area (Å²) in [4.78, 5) is 7.01. The van der Waals surface area contributed by atoms with Crippen molar-refractivity contribution < 1.29 is 4.52 Å². The molecule has 1 unspecified atom stereocenters. The lowest BCUT2D eigenvalue weighted by atomic mass is 9.97. The average molecular weight is 252 g/mol. The molecule has 1 aliphatic heterocycles. The summed E-state index contributed by atoms with van der Waals surface area (Å²) in [5.41, 5.74) is 0. The van der Waals surface area contributed by atoms with Crippen molar-refractivity contribution in [2.45, 2.75) is 45.1 Å². The normalized spacial score (nSPS) is 21.7. The molecule has 18 heavy (non-hydrogen) atoms. The summed E-state index contributed by atoms with van der Waals surface area (Å²) in [7, 11) is 1.93. The first-order valence-electron chi connectivity index (χ1n) is 6.92. The number of aromatic nitrogens is 2. The molecule has 0 aromatic carbocycles. The molecule has 1 N–H and O–H groups in total. The molecule has 2 heterocycles. The molecule has 0 aliphatic carbocycles. The molecule has 0 bridgehead atoms. The lowest BCUT2D eigenvalue weighted by Gasteiger charge is -2.33.